The van der Waals surface area contributed by atoms with Crippen LogP contribution in [0.2, 0.25) is 0 Å². The van der Waals surface area contributed by atoms with E-state index in [2.05, 4.69) is 49.8 Å². The van der Waals surface area contributed by atoms with Crippen molar-refractivity contribution in [3.63, 3.8) is 0 Å². The highest BCUT2D eigenvalue weighted by molar-refractivity contribution is 5.35. The van der Waals surface area contributed by atoms with Crippen molar-refractivity contribution < 1.29 is 0 Å². The van der Waals surface area contributed by atoms with E-state index < -0.39 is 0 Å². The predicted octanol–water partition coefficient (Wildman–Crippen LogP) is 1.83. The van der Waals surface area contributed by atoms with E-state index in [1.807, 2.05) is 6.08 Å². The first kappa shape index (κ1) is 9.09. The molecule has 0 saturated heterocycles. The highest BCUT2D eigenvalue weighted by Crippen LogP contribution is 2.03. The Morgan fingerprint density at radius 2 is 2.33 bits per heavy atom. The third-order valence-electron chi connectivity index (χ3n) is 2.05. The molecule has 0 amide bonds. The Labute approximate surface area is 74.8 Å². The first-order valence-corrected chi connectivity index (χ1v) is 4.30. The molecule has 0 aliphatic heterocycles. The summed E-state index contributed by atoms with van der Waals surface area (Å²) in [6.45, 7) is 5.24. The van der Waals surface area contributed by atoms with Crippen LogP contribution in [0.3, 0.4) is 0 Å². The first-order valence-electron chi connectivity index (χ1n) is 4.30. The van der Waals surface area contributed by atoms with Crippen molar-refractivity contribution >= 4 is 0 Å². The molecule has 0 bridgehead atoms. The molecule has 1 unspecified atom stereocenters. The summed E-state index contributed by atoms with van der Waals surface area (Å²) in [6, 6.07) is 0.281. The standard InChI is InChI=1S/C11H15N/c1-4-12(3)11-7-5-6-10(2)8-9-11/h6,8-9,11H,4H2,1-3H3. The maximum absolute atomic E-state index is 3.18. The zero-order chi connectivity index (χ0) is 8.97. The van der Waals surface area contributed by atoms with Crippen molar-refractivity contribution in [2.45, 2.75) is 19.9 Å². The van der Waals surface area contributed by atoms with E-state index in [4.69, 9.17) is 0 Å². The van der Waals surface area contributed by atoms with Crippen LogP contribution in [-0.2, 0) is 0 Å². The topological polar surface area (TPSA) is 3.24 Å². The van der Waals surface area contributed by atoms with E-state index in [1.54, 1.807) is 0 Å². The van der Waals surface area contributed by atoms with Crippen LogP contribution in [0, 0.1) is 11.8 Å². The van der Waals surface area contributed by atoms with Crippen molar-refractivity contribution in [1.82, 2.24) is 4.90 Å². The summed E-state index contributed by atoms with van der Waals surface area (Å²) in [4.78, 5) is 2.22. The Kier molecular flexibility index (Phi) is 3.13. The number of likely N-dealkylation sites (N-methyl/N-ethyl adjacent to an activating group) is 1. The second kappa shape index (κ2) is 4.13. The van der Waals surface area contributed by atoms with Crippen molar-refractivity contribution in [2.75, 3.05) is 13.6 Å². The normalized spacial score (nSPS) is 21.3. The van der Waals surface area contributed by atoms with Gasteiger partial charge in [-0.3, -0.25) is 4.90 Å². The van der Waals surface area contributed by atoms with Gasteiger partial charge in [0.05, 0.1) is 6.04 Å². The van der Waals surface area contributed by atoms with Gasteiger partial charge in [-0.25, -0.2) is 0 Å². The van der Waals surface area contributed by atoms with Gasteiger partial charge >= 0.3 is 0 Å². The molecule has 0 radical (unpaired) electrons. The minimum Gasteiger partial charge on any atom is -0.290 e. The molecule has 1 aliphatic rings. The predicted molar refractivity (Wildman–Crippen MR) is 52.8 cm³/mol. The second-order valence-electron chi connectivity index (χ2n) is 3.05. The molecule has 1 atom stereocenters. The number of allylic oxidation sites excluding steroid dienone is 3. The van der Waals surface area contributed by atoms with Crippen LogP contribution in [0.4, 0.5) is 0 Å². The lowest BCUT2D eigenvalue weighted by Gasteiger charge is -2.18. The van der Waals surface area contributed by atoms with Crippen LogP contribution in [0.25, 0.3) is 0 Å². The van der Waals surface area contributed by atoms with Crippen LogP contribution < -0.4 is 0 Å². The zero-order valence-electron chi connectivity index (χ0n) is 7.96. The fraction of sp³-hybridized carbons (Fsp3) is 0.455. The maximum atomic E-state index is 3.18. The zero-order valence-corrected chi connectivity index (χ0v) is 7.96. The largest absolute Gasteiger partial charge is 0.290 e. The van der Waals surface area contributed by atoms with Gasteiger partial charge in [-0.1, -0.05) is 30.9 Å². The third-order valence-corrected chi connectivity index (χ3v) is 2.05. The molecule has 0 N–H and O–H groups in total. The van der Waals surface area contributed by atoms with Crippen molar-refractivity contribution in [3.05, 3.63) is 23.8 Å². The van der Waals surface area contributed by atoms with Crippen LogP contribution >= 0.6 is 0 Å². The number of nitrogens with zero attached hydrogens (tertiary/aromatic N) is 1. The Bertz CT molecular complexity index is 262. The van der Waals surface area contributed by atoms with Gasteiger partial charge in [0.15, 0.2) is 0 Å². The summed E-state index contributed by atoms with van der Waals surface area (Å²) in [5, 5.41) is 0. The molecule has 0 aromatic carbocycles. The maximum Gasteiger partial charge on any atom is 0.0904 e. The van der Waals surface area contributed by atoms with Crippen molar-refractivity contribution in [3.8, 4) is 11.8 Å². The van der Waals surface area contributed by atoms with Gasteiger partial charge < -0.3 is 0 Å². The van der Waals surface area contributed by atoms with Crippen LogP contribution in [-0.4, -0.2) is 24.5 Å². The first-order chi connectivity index (χ1) is 5.74. The third kappa shape index (κ3) is 2.25. The van der Waals surface area contributed by atoms with Gasteiger partial charge in [-0.15, -0.1) is 0 Å². The minimum atomic E-state index is 0.281. The highest BCUT2D eigenvalue weighted by Gasteiger charge is 2.05. The molecular weight excluding hydrogens is 146 g/mol. The Morgan fingerprint density at radius 1 is 1.58 bits per heavy atom. The average Bonchev–Trinajstić information content (AvgIpc) is 2.29. The van der Waals surface area contributed by atoms with Gasteiger partial charge in [0, 0.05) is 0 Å². The van der Waals surface area contributed by atoms with E-state index in [9.17, 15) is 0 Å². The molecule has 1 rings (SSSR count). The molecule has 12 heavy (non-hydrogen) atoms. The molecule has 0 aromatic heterocycles. The fourth-order valence-electron chi connectivity index (χ4n) is 1.03. The summed E-state index contributed by atoms with van der Waals surface area (Å²) in [5.41, 5.74) is 1.23. The van der Waals surface area contributed by atoms with Gasteiger partial charge in [0.25, 0.3) is 0 Å². The monoisotopic (exact) mass is 161 g/mol. The van der Waals surface area contributed by atoms with E-state index in [-0.39, 0.29) is 6.04 Å². The molecule has 0 heterocycles. The summed E-state index contributed by atoms with van der Waals surface area (Å²) in [6.07, 6.45) is 6.22. The molecule has 64 valence electrons. The molecular formula is C11H15N. The molecule has 0 fully saturated rings. The van der Waals surface area contributed by atoms with Gasteiger partial charge in [0.1, 0.15) is 0 Å². The number of hydrogen-bond acceptors (Lipinski definition) is 1. The second-order valence-corrected chi connectivity index (χ2v) is 3.05. The minimum absolute atomic E-state index is 0.281. The van der Waals surface area contributed by atoms with Crippen molar-refractivity contribution in [2.24, 2.45) is 0 Å². The fourth-order valence-corrected chi connectivity index (χ4v) is 1.03. The molecule has 1 nitrogen and oxygen atoms in total. The summed E-state index contributed by atoms with van der Waals surface area (Å²) >= 11 is 0. The lowest BCUT2D eigenvalue weighted by molar-refractivity contribution is 0.344. The van der Waals surface area contributed by atoms with Crippen LogP contribution in [0.15, 0.2) is 23.8 Å². The molecule has 0 saturated carbocycles. The quantitative estimate of drug-likeness (QED) is 0.558. The highest BCUT2D eigenvalue weighted by atomic mass is 15.1. The van der Waals surface area contributed by atoms with Gasteiger partial charge in [0.2, 0.25) is 0 Å². The molecule has 0 spiro atoms. The molecule has 1 heteroatoms. The van der Waals surface area contributed by atoms with Crippen LogP contribution in [0.5, 0.6) is 0 Å². The van der Waals surface area contributed by atoms with E-state index in [0.29, 0.717) is 0 Å². The molecule has 0 aromatic rings. The van der Waals surface area contributed by atoms with E-state index in [1.165, 1.54) is 5.57 Å². The summed E-state index contributed by atoms with van der Waals surface area (Å²) < 4.78 is 0. The Balaban J connectivity index is 2.71. The van der Waals surface area contributed by atoms with Crippen LogP contribution in [0.1, 0.15) is 13.8 Å². The number of hydrogen-bond donors (Lipinski definition) is 0. The summed E-state index contributed by atoms with van der Waals surface area (Å²) in [7, 11) is 2.09. The van der Waals surface area contributed by atoms with Gasteiger partial charge in [-0.2, -0.15) is 0 Å². The van der Waals surface area contributed by atoms with Gasteiger partial charge in [-0.05, 0) is 32.2 Å². The smallest absolute Gasteiger partial charge is 0.0904 e. The lowest BCUT2D eigenvalue weighted by atomic mass is 10.2. The SMILES string of the molecule is CCN(C)C1C#CC=C(C)C=C1. The average molecular weight is 161 g/mol. The molecule has 1 aliphatic carbocycles. The Hall–Kier alpha value is -1.00. The van der Waals surface area contributed by atoms with Crippen molar-refractivity contribution in [1.29, 1.82) is 0 Å². The lowest BCUT2D eigenvalue weighted by Crippen LogP contribution is -2.28. The summed E-state index contributed by atoms with van der Waals surface area (Å²) in [5.74, 6) is 6.22. The van der Waals surface area contributed by atoms with E-state index >= 15 is 0 Å². The van der Waals surface area contributed by atoms with E-state index in [0.717, 1.165) is 6.54 Å². The Morgan fingerprint density at radius 3 is 3.00 bits per heavy atom. The number of rotatable bonds is 2.